The van der Waals surface area contributed by atoms with Crippen LogP contribution in [0.1, 0.15) is 6.92 Å². The van der Waals surface area contributed by atoms with E-state index < -0.39 is 0 Å². The van der Waals surface area contributed by atoms with Gasteiger partial charge in [0.1, 0.15) is 12.4 Å². The van der Waals surface area contributed by atoms with Gasteiger partial charge in [-0.2, -0.15) is 0 Å². The van der Waals surface area contributed by atoms with Crippen molar-refractivity contribution in [1.82, 2.24) is 9.97 Å². The third kappa shape index (κ3) is 4.33. The summed E-state index contributed by atoms with van der Waals surface area (Å²) >= 11 is 0. The number of ether oxygens (including phenoxy) is 2. The van der Waals surface area contributed by atoms with Crippen molar-refractivity contribution in [2.75, 3.05) is 18.5 Å². The second kappa shape index (κ2) is 7.20. The fourth-order valence-electron chi connectivity index (χ4n) is 1.49. The van der Waals surface area contributed by atoms with Gasteiger partial charge in [-0.3, -0.25) is 9.78 Å². The molecule has 104 valence electrons. The molecule has 6 nitrogen and oxygen atoms in total. The molecule has 1 N–H and O–H groups in total. The van der Waals surface area contributed by atoms with Gasteiger partial charge in [0.25, 0.3) is 0 Å². The lowest BCUT2D eigenvalue weighted by Gasteiger charge is -2.08. The quantitative estimate of drug-likeness (QED) is 0.873. The summed E-state index contributed by atoms with van der Waals surface area (Å²) in [6.07, 6.45) is 4.63. The van der Waals surface area contributed by atoms with Gasteiger partial charge in [-0.05, 0) is 19.1 Å². The highest BCUT2D eigenvalue weighted by Gasteiger charge is 2.04. The number of nitrogens with zero attached hydrogens (tertiary/aromatic N) is 2. The van der Waals surface area contributed by atoms with Crippen LogP contribution in [-0.4, -0.2) is 29.1 Å². The van der Waals surface area contributed by atoms with Crippen LogP contribution in [0.15, 0.2) is 42.9 Å². The Hall–Kier alpha value is -2.47. The Morgan fingerprint density at radius 2 is 2.25 bits per heavy atom. The van der Waals surface area contributed by atoms with Crippen molar-refractivity contribution < 1.29 is 14.3 Å². The van der Waals surface area contributed by atoms with E-state index in [9.17, 15) is 4.79 Å². The predicted octanol–water partition coefficient (Wildman–Crippen LogP) is 2.24. The fraction of sp³-hybridized carbons (Fsp3) is 0.214. The monoisotopic (exact) mass is 273 g/mol. The third-order valence-corrected chi connectivity index (χ3v) is 2.32. The number of carbonyl (C=O) groups is 1. The van der Waals surface area contributed by atoms with Crippen LogP contribution >= 0.6 is 0 Å². The summed E-state index contributed by atoms with van der Waals surface area (Å²) in [7, 11) is 0. The number of rotatable bonds is 6. The van der Waals surface area contributed by atoms with Gasteiger partial charge in [-0.25, -0.2) is 4.98 Å². The Kier molecular flexibility index (Phi) is 5.02. The molecule has 0 spiro atoms. The van der Waals surface area contributed by atoms with Crippen LogP contribution in [0, 0.1) is 0 Å². The van der Waals surface area contributed by atoms with E-state index in [1.165, 1.54) is 6.20 Å². The molecule has 2 aromatic rings. The minimum atomic E-state index is -0.205. The largest absolute Gasteiger partial charge is 0.437 e. The van der Waals surface area contributed by atoms with Gasteiger partial charge >= 0.3 is 0 Å². The molecule has 1 aromatic heterocycles. The first-order valence-electron chi connectivity index (χ1n) is 6.19. The third-order valence-electron chi connectivity index (χ3n) is 2.32. The lowest BCUT2D eigenvalue weighted by Crippen LogP contribution is -2.18. The van der Waals surface area contributed by atoms with Crippen molar-refractivity contribution in [2.45, 2.75) is 6.92 Å². The molecule has 0 radical (unpaired) electrons. The fourth-order valence-corrected chi connectivity index (χ4v) is 1.49. The molecule has 0 unspecified atom stereocenters. The Bertz CT molecular complexity index is 561. The van der Waals surface area contributed by atoms with E-state index in [0.717, 1.165) is 0 Å². The average molecular weight is 273 g/mol. The summed E-state index contributed by atoms with van der Waals surface area (Å²) in [4.78, 5) is 19.5. The normalized spacial score (nSPS) is 10.1. The van der Waals surface area contributed by atoms with Crippen LogP contribution < -0.4 is 10.1 Å². The van der Waals surface area contributed by atoms with E-state index in [1.54, 1.807) is 36.7 Å². The van der Waals surface area contributed by atoms with Gasteiger partial charge < -0.3 is 14.8 Å². The molecule has 0 saturated heterocycles. The molecule has 0 aliphatic carbocycles. The first-order chi connectivity index (χ1) is 9.78. The zero-order valence-corrected chi connectivity index (χ0v) is 11.1. The SMILES string of the molecule is CCOCC(=O)Nc1cccc(Oc2cnccn2)c1. The smallest absolute Gasteiger partial charge is 0.250 e. The Balaban J connectivity index is 1.99. The van der Waals surface area contributed by atoms with Gasteiger partial charge in [0, 0.05) is 30.8 Å². The minimum absolute atomic E-state index is 0.0335. The summed E-state index contributed by atoms with van der Waals surface area (Å²) in [6.45, 7) is 2.37. The van der Waals surface area contributed by atoms with E-state index in [4.69, 9.17) is 9.47 Å². The minimum Gasteiger partial charge on any atom is -0.437 e. The summed E-state index contributed by atoms with van der Waals surface area (Å²) < 4.78 is 10.6. The molecular weight excluding hydrogens is 258 g/mol. The van der Waals surface area contributed by atoms with Crippen molar-refractivity contribution in [3.63, 3.8) is 0 Å². The van der Waals surface area contributed by atoms with Crippen LogP contribution in [0.25, 0.3) is 0 Å². The van der Waals surface area contributed by atoms with Crippen LogP contribution in [0.4, 0.5) is 5.69 Å². The van der Waals surface area contributed by atoms with E-state index in [2.05, 4.69) is 15.3 Å². The summed E-state index contributed by atoms with van der Waals surface area (Å²) in [5.74, 6) is 0.758. The van der Waals surface area contributed by atoms with Crippen molar-refractivity contribution in [3.05, 3.63) is 42.9 Å². The Morgan fingerprint density at radius 1 is 1.35 bits per heavy atom. The first-order valence-corrected chi connectivity index (χ1v) is 6.19. The number of amides is 1. The number of aromatic nitrogens is 2. The summed E-state index contributed by atoms with van der Waals surface area (Å²) in [5.41, 5.74) is 0.635. The number of hydrogen-bond acceptors (Lipinski definition) is 5. The standard InChI is InChI=1S/C14H15N3O3/c1-2-19-10-13(18)17-11-4-3-5-12(8-11)20-14-9-15-6-7-16-14/h3-9H,2,10H2,1H3,(H,17,18). The van der Waals surface area contributed by atoms with Crippen molar-refractivity contribution >= 4 is 11.6 Å². The van der Waals surface area contributed by atoms with Crippen LogP contribution in [0.2, 0.25) is 0 Å². The molecule has 20 heavy (non-hydrogen) atoms. The lowest BCUT2D eigenvalue weighted by molar-refractivity contribution is -0.120. The van der Waals surface area contributed by atoms with Crippen LogP contribution in [0.3, 0.4) is 0 Å². The molecule has 0 saturated carbocycles. The van der Waals surface area contributed by atoms with E-state index in [0.29, 0.717) is 23.9 Å². The van der Waals surface area contributed by atoms with Crippen molar-refractivity contribution in [2.24, 2.45) is 0 Å². The van der Waals surface area contributed by atoms with Crippen molar-refractivity contribution in [1.29, 1.82) is 0 Å². The van der Waals surface area contributed by atoms with Crippen LogP contribution in [-0.2, 0) is 9.53 Å². The number of anilines is 1. The van der Waals surface area contributed by atoms with Gasteiger partial charge in [-0.1, -0.05) is 6.07 Å². The average Bonchev–Trinajstić information content (AvgIpc) is 2.46. The maximum atomic E-state index is 11.5. The highest BCUT2D eigenvalue weighted by molar-refractivity contribution is 5.91. The van der Waals surface area contributed by atoms with E-state index in [1.807, 2.05) is 6.92 Å². The van der Waals surface area contributed by atoms with Crippen LogP contribution in [0.5, 0.6) is 11.6 Å². The number of benzene rings is 1. The topological polar surface area (TPSA) is 73.3 Å². The number of nitrogens with one attached hydrogen (secondary N) is 1. The van der Waals surface area contributed by atoms with Crippen molar-refractivity contribution in [3.8, 4) is 11.6 Å². The summed E-state index contributed by atoms with van der Waals surface area (Å²) in [5, 5.41) is 2.72. The second-order valence-corrected chi connectivity index (χ2v) is 3.86. The maximum absolute atomic E-state index is 11.5. The van der Waals surface area contributed by atoms with E-state index >= 15 is 0 Å². The molecule has 0 atom stereocenters. The van der Waals surface area contributed by atoms with E-state index in [-0.39, 0.29) is 12.5 Å². The molecule has 1 heterocycles. The Morgan fingerprint density at radius 3 is 3.00 bits per heavy atom. The molecule has 0 bridgehead atoms. The van der Waals surface area contributed by atoms with Gasteiger partial charge in [0.2, 0.25) is 11.8 Å². The molecule has 0 aliphatic rings. The molecule has 2 rings (SSSR count). The summed E-state index contributed by atoms with van der Waals surface area (Å²) in [6, 6.07) is 7.03. The zero-order chi connectivity index (χ0) is 14.2. The zero-order valence-electron chi connectivity index (χ0n) is 11.1. The highest BCUT2D eigenvalue weighted by Crippen LogP contribution is 2.21. The Labute approximate surface area is 116 Å². The van der Waals surface area contributed by atoms with Gasteiger partial charge in [-0.15, -0.1) is 0 Å². The predicted molar refractivity (Wildman–Crippen MR) is 73.7 cm³/mol. The molecular formula is C14H15N3O3. The maximum Gasteiger partial charge on any atom is 0.250 e. The first kappa shape index (κ1) is 14.0. The number of hydrogen-bond donors (Lipinski definition) is 1. The molecule has 1 amide bonds. The molecule has 0 aliphatic heterocycles. The molecule has 6 heteroatoms. The molecule has 0 fully saturated rings. The van der Waals surface area contributed by atoms with Gasteiger partial charge in [0.05, 0.1) is 6.20 Å². The molecule has 1 aromatic carbocycles. The van der Waals surface area contributed by atoms with Gasteiger partial charge in [0.15, 0.2) is 0 Å². The second-order valence-electron chi connectivity index (χ2n) is 3.86. The lowest BCUT2D eigenvalue weighted by atomic mass is 10.3. The highest BCUT2D eigenvalue weighted by atomic mass is 16.5. The number of carbonyl (C=O) groups excluding carboxylic acids is 1.